The number of primary amides is 1. The van der Waals surface area contributed by atoms with E-state index < -0.39 is 84.6 Å². The molecule has 0 aliphatic carbocycles. The van der Waals surface area contributed by atoms with Gasteiger partial charge in [-0.15, -0.1) is 0 Å². The van der Waals surface area contributed by atoms with E-state index in [4.69, 9.17) is 28.7 Å². The molecular formula is C24H45N11O8S2. The normalized spacial score (nSPS) is 14.0. The van der Waals surface area contributed by atoms with Crippen molar-refractivity contribution in [2.45, 2.75) is 68.7 Å². The SMILES string of the molecule is NCCCC[C@H](N)C(=O)N[C@@H](CS)C(=O)N[C@@H](CC(N)=O)C(=O)NCC(=O)N[C@@H](CCCN=C(N)N)C(=O)N[C@@H](CS)C(=O)O. The maximum Gasteiger partial charge on any atom is 0.327 e. The largest absolute Gasteiger partial charge is 0.480 e. The zero-order valence-electron chi connectivity index (χ0n) is 24.7. The van der Waals surface area contributed by atoms with Gasteiger partial charge >= 0.3 is 5.97 Å². The van der Waals surface area contributed by atoms with E-state index in [0.717, 1.165) is 0 Å². The standard InChI is InChI=1S/C24H45N11O8S2/c25-6-2-1-4-12(26)19(38)34-15(10-44)22(41)33-14(8-17(27)36)20(39)31-9-18(37)32-13(5-3-7-30-24(28)29)21(40)35-16(11-45)23(42)43/h12-16,44-45H,1-11,25-26H2,(H2,27,36)(H,31,39)(H,32,37)(H,33,41)(H,34,38)(H,35,40)(H,42,43)(H4,28,29,30)/t12-,13-,14-,15-,16-/m0/s1. The summed E-state index contributed by atoms with van der Waals surface area (Å²) in [5.74, 6) is -7.06. The lowest BCUT2D eigenvalue weighted by atomic mass is 10.1. The van der Waals surface area contributed by atoms with Gasteiger partial charge in [0.25, 0.3) is 0 Å². The van der Waals surface area contributed by atoms with Gasteiger partial charge in [0.2, 0.25) is 35.4 Å². The number of carbonyl (C=O) groups is 7. The summed E-state index contributed by atoms with van der Waals surface area (Å²) in [6, 6.07) is -6.26. The van der Waals surface area contributed by atoms with E-state index in [2.05, 4.69) is 56.8 Å². The number of nitrogens with zero attached hydrogens (tertiary/aromatic N) is 1. The molecule has 0 saturated carbocycles. The van der Waals surface area contributed by atoms with Crippen LogP contribution >= 0.6 is 25.3 Å². The smallest absolute Gasteiger partial charge is 0.327 e. The topological polar surface area (TPSA) is 342 Å². The summed E-state index contributed by atoms with van der Waals surface area (Å²) in [7, 11) is 0. The van der Waals surface area contributed by atoms with Crippen molar-refractivity contribution in [2.75, 3.05) is 31.1 Å². The van der Waals surface area contributed by atoms with Crippen molar-refractivity contribution >= 4 is 72.6 Å². The van der Waals surface area contributed by atoms with Crippen LogP contribution in [0.25, 0.3) is 0 Å². The second kappa shape index (κ2) is 22.7. The molecule has 0 bridgehead atoms. The number of nitrogens with two attached hydrogens (primary N) is 5. The molecule has 0 radical (unpaired) electrons. The van der Waals surface area contributed by atoms with Gasteiger partial charge in [0.05, 0.1) is 19.0 Å². The van der Waals surface area contributed by atoms with Crippen molar-refractivity contribution in [3.05, 3.63) is 0 Å². The molecule has 0 aliphatic heterocycles. The Hall–Kier alpha value is -3.82. The Balaban J connectivity index is 5.40. The van der Waals surface area contributed by atoms with E-state index in [1.807, 2.05) is 0 Å². The fraction of sp³-hybridized carbons (Fsp3) is 0.667. The minimum Gasteiger partial charge on any atom is -0.480 e. The van der Waals surface area contributed by atoms with Crippen LogP contribution in [0.3, 0.4) is 0 Å². The molecular weight excluding hydrogens is 634 g/mol. The maximum absolute atomic E-state index is 12.8. The third kappa shape index (κ3) is 17.9. The summed E-state index contributed by atoms with van der Waals surface area (Å²) < 4.78 is 0. The van der Waals surface area contributed by atoms with Gasteiger partial charge in [-0.05, 0) is 32.2 Å². The highest BCUT2D eigenvalue weighted by Crippen LogP contribution is 2.03. The van der Waals surface area contributed by atoms with Gasteiger partial charge in [-0.3, -0.25) is 33.8 Å². The van der Waals surface area contributed by atoms with Crippen molar-refractivity contribution in [1.82, 2.24) is 26.6 Å². The summed E-state index contributed by atoms with van der Waals surface area (Å²) in [6.07, 6.45) is 1.14. The highest BCUT2D eigenvalue weighted by Gasteiger charge is 2.30. The first-order chi connectivity index (χ1) is 21.2. The quantitative estimate of drug-likeness (QED) is 0.0208. The molecule has 0 unspecified atom stereocenters. The van der Waals surface area contributed by atoms with Crippen LogP contribution in [-0.2, 0) is 33.6 Å². The minimum absolute atomic E-state index is 0.00488. The van der Waals surface area contributed by atoms with Gasteiger partial charge in [-0.2, -0.15) is 25.3 Å². The van der Waals surface area contributed by atoms with Crippen LogP contribution in [0.1, 0.15) is 38.5 Å². The molecule has 19 nitrogen and oxygen atoms in total. The average Bonchev–Trinajstić information content (AvgIpc) is 2.97. The summed E-state index contributed by atoms with van der Waals surface area (Å²) in [5.41, 5.74) is 27.0. The van der Waals surface area contributed by atoms with Crippen molar-refractivity contribution in [3.63, 3.8) is 0 Å². The Morgan fingerprint density at radius 2 is 1.29 bits per heavy atom. The first kappa shape index (κ1) is 41.2. The first-order valence-electron chi connectivity index (χ1n) is 13.9. The molecule has 0 spiro atoms. The zero-order chi connectivity index (χ0) is 34.5. The molecule has 256 valence electrons. The molecule has 0 aromatic heterocycles. The number of hydrogen-bond acceptors (Lipinski definition) is 12. The molecule has 0 aromatic rings. The number of carbonyl (C=O) groups excluding carboxylic acids is 6. The van der Waals surface area contributed by atoms with Crippen molar-refractivity contribution < 1.29 is 38.7 Å². The molecule has 16 N–H and O–H groups in total. The van der Waals surface area contributed by atoms with Crippen LogP contribution < -0.4 is 55.3 Å². The Morgan fingerprint density at radius 1 is 0.711 bits per heavy atom. The van der Waals surface area contributed by atoms with Crippen LogP contribution in [0.5, 0.6) is 0 Å². The van der Waals surface area contributed by atoms with Gasteiger partial charge in [-0.1, -0.05) is 6.42 Å². The van der Waals surface area contributed by atoms with Crippen LogP contribution in [0.4, 0.5) is 0 Å². The Bertz CT molecular complexity index is 1060. The van der Waals surface area contributed by atoms with Crippen LogP contribution in [0, 0.1) is 0 Å². The van der Waals surface area contributed by atoms with Gasteiger partial charge < -0.3 is 60.4 Å². The highest BCUT2D eigenvalue weighted by molar-refractivity contribution is 7.80. The van der Waals surface area contributed by atoms with Crippen molar-refractivity contribution in [1.29, 1.82) is 0 Å². The predicted molar refractivity (Wildman–Crippen MR) is 171 cm³/mol. The molecule has 21 heteroatoms. The lowest BCUT2D eigenvalue weighted by Gasteiger charge is -2.23. The van der Waals surface area contributed by atoms with E-state index in [1.165, 1.54) is 0 Å². The number of aliphatic imine (C=N–C) groups is 1. The van der Waals surface area contributed by atoms with Crippen molar-refractivity contribution in [2.24, 2.45) is 33.7 Å². The van der Waals surface area contributed by atoms with Gasteiger partial charge in [0, 0.05) is 18.1 Å². The number of rotatable bonds is 23. The fourth-order valence-corrected chi connectivity index (χ4v) is 4.07. The van der Waals surface area contributed by atoms with Gasteiger partial charge in [0.1, 0.15) is 24.2 Å². The number of hydrogen-bond donors (Lipinski definition) is 13. The summed E-state index contributed by atoms with van der Waals surface area (Å²) in [4.78, 5) is 90.0. The molecule has 0 aliphatic rings. The highest BCUT2D eigenvalue weighted by atomic mass is 32.1. The number of carboxylic acid groups (broad SMARTS) is 1. The average molecular weight is 680 g/mol. The van der Waals surface area contributed by atoms with Gasteiger partial charge in [0.15, 0.2) is 5.96 Å². The number of amides is 6. The third-order valence-electron chi connectivity index (χ3n) is 5.98. The molecule has 0 fully saturated rings. The summed E-state index contributed by atoms with van der Waals surface area (Å²) in [6.45, 7) is -0.168. The monoisotopic (exact) mass is 679 g/mol. The number of thiol groups is 2. The zero-order valence-corrected chi connectivity index (χ0v) is 26.5. The van der Waals surface area contributed by atoms with E-state index >= 15 is 0 Å². The molecule has 0 heterocycles. The molecule has 5 atom stereocenters. The lowest BCUT2D eigenvalue weighted by Crippen LogP contribution is -2.58. The molecule has 45 heavy (non-hydrogen) atoms. The Kier molecular flexibility index (Phi) is 20.7. The number of unbranched alkanes of at least 4 members (excludes halogenated alkanes) is 1. The minimum atomic E-state index is -1.54. The summed E-state index contributed by atoms with van der Waals surface area (Å²) >= 11 is 7.94. The van der Waals surface area contributed by atoms with E-state index in [0.29, 0.717) is 25.8 Å². The number of guanidine groups is 1. The lowest BCUT2D eigenvalue weighted by molar-refractivity contribution is -0.141. The van der Waals surface area contributed by atoms with E-state index in [1.54, 1.807) is 0 Å². The Labute approximate surface area is 271 Å². The van der Waals surface area contributed by atoms with Crippen LogP contribution in [-0.4, -0.2) is 114 Å². The summed E-state index contributed by atoms with van der Waals surface area (Å²) in [5, 5.41) is 20.8. The number of nitrogens with one attached hydrogen (secondary N) is 5. The molecule has 0 rings (SSSR count). The van der Waals surface area contributed by atoms with Crippen LogP contribution in [0.15, 0.2) is 4.99 Å². The second-order valence-electron chi connectivity index (χ2n) is 9.74. The molecule has 0 saturated heterocycles. The van der Waals surface area contributed by atoms with E-state index in [-0.39, 0.29) is 36.9 Å². The molecule has 6 amide bonds. The first-order valence-corrected chi connectivity index (χ1v) is 15.1. The second-order valence-corrected chi connectivity index (χ2v) is 10.5. The van der Waals surface area contributed by atoms with Crippen molar-refractivity contribution in [3.8, 4) is 0 Å². The predicted octanol–water partition coefficient (Wildman–Crippen LogP) is -5.63. The number of aliphatic carboxylic acids is 1. The van der Waals surface area contributed by atoms with E-state index in [9.17, 15) is 38.7 Å². The number of carboxylic acids is 1. The third-order valence-corrected chi connectivity index (χ3v) is 6.71. The fourth-order valence-electron chi connectivity index (χ4n) is 3.56. The van der Waals surface area contributed by atoms with Crippen LogP contribution in [0.2, 0.25) is 0 Å². The Morgan fingerprint density at radius 3 is 1.82 bits per heavy atom. The van der Waals surface area contributed by atoms with Gasteiger partial charge in [-0.25, -0.2) is 4.79 Å². The maximum atomic E-state index is 12.8. The molecule has 0 aromatic carbocycles.